The van der Waals surface area contributed by atoms with Crippen molar-refractivity contribution in [3.63, 3.8) is 0 Å². The van der Waals surface area contributed by atoms with Crippen LogP contribution in [0.15, 0.2) is 42.5 Å². The van der Waals surface area contributed by atoms with Crippen LogP contribution in [0.3, 0.4) is 0 Å². The predicted molar refractivity (Wildman–Crippen MR) is 67.1 cm³/mol. The molecule has 0 fully saturated rings. The maximum absolute atomic E-state index is 13.4. The highest BCUT2D eigenvalue weighted by Gasteiger charge is 2.04. The molecule has 0 saturated heterocycles. The Kier molecular flexibility index (Phi) is 3.75. The first kappa shape index (κ1) is 13.0. The van der Waals surface area contributed by atoms with E-state index >= 15 is 0 Å². The third-order valence-electron chi connectivity index (χ3n) is 2.63. The van der Waals surface area contributed by atoms with Crippen LogP contribution in [0.5, 0.6) is 0 Å². The first-order valence-electron chi connectivity index (χ1n) is 5.57. The van der Waals surface area contributed by atoms with Gasteiger partial charge in [0, 0.05) is 23.9 Å². The number of carboxylic acids is 1. The Bertz CT molecular complexity index is 597. The van der Waals surface area contributed by atoms with Crippen molar-refractivity contribution >= 4 is 11.7 Å². The van der Waals surface area contributed by atoms with E-state index < -0.39 is 17.6 Å². The zero-order chi connectivity index (χ0) is 13.8. The number of hydrogen-bond donors (Lipinski definition) is 2. The number of carboxylic acid groups (broad SMARTS) is 1. The minimum Gasteiger partial charge on any atom is -0.478 e. The number of carbonyl (C=O) groups is 1. The van der Waals surface area contributed by atoms with Crippen LogP contribution >= 0.6 is 0 Å². The number of halogens is 2. The summed E-state index contributed by atoms with van der Waals surface area (Å²) >= 11 is 0. The van der Waals surface area contributed by atoms with Gasteiger partial charge in [-0.25, -0.2) is 13.6 Å². The fourth-order valence-electron chi connectivity index (χ4n) is 1.59. The van der Waals surface area contributed by atoms with E-state index in [4.69, 9.17) is 5.11 Å². The lowest BCUT2D eigenvalue weighted by Crippen LogP contribution is -2.03. The molecule has 2 aromatic carbocycles. The van der Waals surface area contributed by atoms with E-state index in [1.807, 2.05) is 0 Å². The van der Waals surface area contributed by atoms with E-state index in [0.717, 1.165) is 6.07 Å². The molecule has 0 radical (unpaired) electrons. The molecular formula is C14H11F2NO2. The van der Waals surface area contributed by atoms with Gasteiger partial charge in [-0.2, -0.15) is 0 Å². The fourth-order valence-corrected chi connectivity index (χ4v) is 1.59. The third kappa shape index (κ3) is 3.28. The van der Waals surface area contributed by atoms with Gasteiger partial charge in [-0.05, 0) is 30.3 Å². The Morgan fingerprint density at radius 1 is 1.11 bits per heavy atom. The Labute approximate surface area is 108 Å². The van der Waals surface area contributed by atoms with Gasteiger partial charge in [-0.3, -0.25) is 0 Å². The minimum absolute atomic E-state index is 0.179. The molecule has 0 bridgehead atoms. The second kappa shape index (κ2) is 5.48. The maximum Gasteiger partial charge on any atom is 0.335 e. The number of hydrogen-bond acceptors (Lipinski definition) is 2. The van der Waals surface area contributed by atoms with Gasteiger partial charge in [-0.15, -0.1) is 0 Å². The first-order valence-corrected chi connectivity index (χ1v) is 5.57. The highest BCUT2D eigenvalue weighted by atomic mass is 19.1. The monoisotopic (exact) mass is 263 g/mol. The second-order valence-corrected chi connectivity index (χ2v) is 3.97. The molecule has 0 aliphatic carbocycles. The summed E-state index contributed by atoms with van der Waals surface area (Å²) in [5.74, 6) is -2.24. The van der Waals surface area contributed by atoms with Crippen molar-refractivity contribution in [3.8, 4) is 0 Å². The van der Waals surface area contributed by atoms with Gasteiger partial charge < -0.3 is 10.4 Å². The van der Waals surface area contributed by atoms with Crippen LogP contribution in [-0.2, 0) is 6.54 Å². The van der Waals surface area contributed by atoms with Crippen LogP contribution in [0.1, 0.15) is 15.9 Å². The van der Waals surface area contributed by atoms with Crippen molar-refractivity contribution < 1.29 is 18.7 Å². The lowest BCUT2D eigenvalue weighted by atomic mass is 10.2. The van der Waals surface area contributed by atoms with Crippen LogP contribution in [0.2, 0.25) is 0 Å². The molecule has 5 heteroatoms. The Morgan fingerprint density at radius 2 is 1.79 bits per heavy atom. The SMILES string of the molecule is O=C(O)c1ccc(NCc2ccc(F)cc2F)cc1. The molecule has 0 atom stereocenters. The summed E-state index contributed by atoms with van der Waals surface area (Å²) in [4.78, 5) is 10.7. The van der Waals surface area contributed by atoms with E-state index in [2.05, 4.69) is 5.32 Å². The maximum atomic E-state index is 13.4. The quantitative estimate of drug-likeness (QED) is 0.890. The summed E-state index contributed by atoms with van der Waals surface area (Å²) in [5, 5.41) is 11.7. The molecule has 0 heterocycles. The van der Waals surface area contributed by atoms with Crippen LogP contribution in [-0.4, -0.2) is 11.1 Å². The van der Waals surface area contributed by atoms with Crippen LogP contribution < -0.4 is 5.32 Å². The van der Waals surface area contributed by atoms with E-state index in [9.17, 15) is 13.6 Å². The van der Waals surface area contributed by atoms with Gasteiger partial charge in [0.15, 0.2) is 0 Å². The van der Waals surface area contributed by atoms with Crippen molar-refractivity contribution in [1.82, 2.24) is 0 Å². The van der Waals surface area contributed by atoms with Gasteiger partial charge in [0.1, 0.15) is 11.6 Å². The van der Waals surface area contributed by atoms with Crippen molar-refractivity contribution in [2.45, 2.75) is 6.54 Å². The largest absolute Gasteiger partial charge is 0.478 e. The summed E-state index contributed by atoms with van der Waals surface area (Å²) in [6.07, 6.45) is 0. The van der Waals surface area contributed by atoms with Crippen molar-refractivity contribution in [1.29, 1.82) is 0 Å². The van der Waals surface area contributed by atoms with Crippen molar-refractivity contribution in [2.75, 3.05) is 5.32 Å². The molecule has 98 valence electrons. The highest BCUT2D eigenvalue weighted by molar-refractivity contribution is 5.87. The van der Waals surface area contributed by atoms with Gasteiger partial charge >= 0.3 is 5.97 Å². The normalized spacial score (nSPS) is 10.2. The average molecular weight is 263 g/mol. The average Bonchev–Trinajstić information content (AvgIpc) is 2.38. The van der Waals surface area contributed by atoms with Crippen molar-refractivity contribution in [2.24, 2.45) is 0 Å². The second-order valence-electron chi connectivity index (χ2n) is 3.97. The number of benzene rings is 2. The summed E-state index contributed by atoms with van der Waals surface area (Å²) in [6, 6.07) is 9.45. The van der Waals surface area contributed by atoms with Crippen molar-refractivity contribution in [3.05, 3.63) is 65.2 Å². The lowest BCUT2D eigenvalue weighted by Gasteiger charge is -2.07. The minimum atomic E-state index is -1.00. The molecule has 0 saturated carbocycles. The molecule has 3 nitrogen and oxygen atoms in total. The molecule has 0 unspecified atom stereocenters. The zero-order valence-corrected chi connectivity index (χ0v) is 9.86. The molecule has 0 spiro atoms. The van der Waals surface area contributed by atoms with Crippen LogP contribution in [0, 0.1) is 11.6 Å². The van der Waals surface area contributed by atoms with Gasteiger partial charge in [0.25, 0.3) is 0 Å². The summed E-state index contributed by atoms with van der Waals surface area (Å²) in [6.45, 7) is 0.193. The van der Waals surface area contributed by atoms with Crippen LogP contribution in [0.25, 0.3) is 0 Å². The van der Waals surface area contributed by atoms with Gasteiger partial charge in [0.2, 0.25) is 0 Å². The van der Waals surface area contributed by atoms with Crippen LogP contribution in [0.4, 0.5) is 14.5 Å². The Morgan fingerprint density at radius 3 is 2.37 bits per heavy atom. The van der Waals surface area contributed by atoms with E-state index in [1.54, 1.807) is 12.1 Å². The lowest BCUT2D eigenvalue weighted by molar-refractivity contribution is 0.0697. The molecule has 2 rings (SSSR count). The van der Waals surface area contributed by atoms with E-state index in [-0.39, 0.29) is 12.1 Å². The number of aromatic carboxylic acids is 1. The molecule has 2 aromatic rings. The third-order valence-corrected chi connectivity index (χ3v) is 2.63. The summed E-state index contributed by atoms with van der Waals surface area (Å²) in [5.41, 5.74) is 1.18. The molecular weight excluding hydrogens is 252 g/mol. The first-order chi connectivity index (χ1) is 9.06. The summed E-state index contributed by atoms with van der Waals surface area (Å²) in [7, 11) is 0. The molecule has 2 N–H and O–H groups in total. The molecule has 0 aliphatic rings. The molecule has 19 heavy (non-hydrogen) atoms. The fraction of sp³-hybridized carbons (Fsp3) is 0.0714. The smallest absolute Gasteiger partial charge is 0.335 e. The number of rotatable bonds is 4. The molecule has 0 aliphatic heterocycles. The van der Waals surface area contributed by atoms with Gasteiger partial charge in [-0.1, -0.05) is 6.07 Å². The summed E-state index contributed by atoms with van der Waals surface area (Å²) < 4.78 is 26.1. The predicted octanol–water partition coefficient (Wildman–Crippen LogP) is 3.28. The number of nitrogens with one attached hydrogen (secondary N) is 1. The zero-order valence-electron chi connectivity index (χ0n) is 9.86. The van der Waals surface area contributed by atoms with E-state index in [0.29, 0.717) is 11.3 Å². The standard InChI is InChI=1S/C14H11F2NO2/c15-11-4-1-10(13(16)7-11)8-17-12-5-2-9(3-6-12)14(18)19/h1-7,17H,8H2,(H,18,19). The topological polar surface area (TPSA) is 49.3 Å². The highest BCUT2D eigenvalue weighted by Crippen LogP contribution is 2.14. The van der Waals surface area contributed by atoms with E-state index in [1.165, 1.54) is 24.3 Å². The Balaban J connectivity index is 2.04. The Hall–Kier alpha value is -2.43. The van der Waals surface area contributed by atoms with Gasteiger partial charge in [0.05, 0.1) is 5.56 Å². The molecule has 0 aromatic heterocycles. The number of anilines is 1. The molecule has 0 amide bonds.